The fraction of sp³-hybridized carbons (Fsp3) is 0.0714. The minimum atomic E-state index is -0.715. The molecule has 0 radical (unpaired) electrons. The van der Waals surface area contributed by atoms with Gasteiger partial charge in [0.15, 0.2) is 0 Å². The van der Waals surface area contributed by atoms with Crippen LogP contribution >= 0.6 is 11.8 Å². The molecule has 0 saturated carbocycles. The van der Waals surface area contributed by atoms with Crippen molar-refractivity contribution in [1.82, 2.24) is 0 Å². The summed E-state index contributed by atoms with van der Waals surface area (Å²) in [6.45, 7) is -0.715. The first-order chi connectivity index (χ1) is 9.66. The van der Waals surface area contributed by atoms with E-state index < -0.39 is 17.4 Å². The smallest absolute Gasteiger partial charge is 0.273 e. The van der Waals surface area contributed by atoms with Crippen molar-refractivity contribution in [3.8, 4) is 0 Å². The van der Waals surface area contributed by atoms with Gasteiger partial charge in [0.25, 0.3) is 6.54 Å². The summed E-state index contributed by atoms with van der Waals surface area (Å²) in [6.07, 6.45) is 0. The Balaban J connectivity index is 2.12. The number of rotatable bonds is 2. The largest absolute Gasteiger partial charge is 0.303 e. The molecule has 0 saturated heterocycles. The fourth-order valence-electron chi connectivity index (χ4n) is 2.15. The summed E-state index contributed by atoms with van der Waals surface area (Å²) < 4.78 is 0. The number of amides is 1. The van der Waals surface area contributed by atoms with Gasteiger partial charge < -0.3 is 0 Å². The third-order valence-corrected chi connectivity index (χ3v) is 4.08. The molecule has 0 fully saturated rings. The SMILES string of the molecule is O=C(C[N+](=O)[O-])N1c2ccccc2Sc2ccccc21. The van der Waals surface area contributed by atoms with Gasteiger partial charge in [-0.1, -0.05) is 36.0 Å². The van der Waals surface area contributed by atoms with Crippen LogP contribution in [0, 0.1) is 10.1 Å². The monoisotopic (exact) mass is 286 g/mol. The van der Waals surface area contributed by atoms with Gasteiger partial charge in [-0.15, -0.1) is 0 Å². The zero-order chi connectivity index (χ0) is 14.1. The van der Waals surface area contributed by atoms with E-state index in [0.29, 0.717) is 11.4 Å². The molecule has 1 aliphatic heterocycles. The van der Waals surface area contributed by atoms with Crippen molar-refractivity contribution in [2.45, 2.75) is 9.79 Å². The number of benzene rings is 2. The van der Waals surface area contributed by atoms with E-state index in [4.69, 9.17) is 0 Å². The molecular weight excluding hydrogens is 276 g/mol. The van der Waals surface area contributed by atoms with Crippen molar-refractivity contribution in [2.24, 2.45) is 0 Å². The van der Waals surface area contributed by atoms with Crippen molar-refractivity contribution in [3.63, 3.8) is 0 Å². The molecule has 2 aromatic rings. The van der Waals surface area contributed by atoms with Gasteiger partial charge in [-0.25, -0.2) is 0 Å². The molecule has 2 aromatic carbocycles. The predicted octanol–water partition coefficient (Wildman–Crippen LogP) is 3.09. The van der Waals surface area contributed by atoms with Gasteiger partial charge in [-0.05, 0) is 24.3 Å². The molecule has 100 valence electrons. The number of fused-ring (bicyclic) bond motifs is 2. The third-order valence-electron chi connectivity index (χ3n) is 2.95. The maximum atomic E-state index is 12.2. The van der Waals surface area contributed by atoms with Crippen LogP contribution in [0.4, 0.5) is 11.4 Å². The summed E-state index contributed by atoms with van der Waals surface area (Å²) in [5.41, 5.74) is 1.39. The molecule has 1 amide bonds. The topological polar surface area (TPSA) is 63.4 Å². The highest BCUT2D eigenvalue weighted by atomic mass is 32.2. The Kier molecular flexibility index (Phi) is 3.15. The molecule has 1 heterocycles. The maximum Gasteiger partial charge on any atom is 0.303 e. The van der Waals surface area contributed by atoms with Gasteiger partial charge >= 0.3 is 5.91 Å². The number of para-hydroxylation sites is 2. The third kappa shape index (κ3) is 2.14. The summed E-state index contributed by atoms with van der Waals surface area (Å²) in [4.78, 5) is 25.5. The molecule has 1 aliphatic rings. The number of nitro groups is 1. The van der Waals surface area contributed by atoms with E-state index in [9.17, 15) is 14.9 Å². The van der Waals surface area contributed by atoms with Crippen LogP contribution in [0.1, 0.15) is 0 Å². The zero-order valence-corrected chi connectivity index (χ0v) is 11.2. The lowest BCUT2D eigenvalue weighted by molar-refractivity contribution is -0.467. The van der Waals surface area contributed by atoms with E-state index in [1.54, 1.807) is 23.9 Å². The second kappa shape index (κ2) is 4.97. The Morgan fingerprint density at radius 2 is 1.55 bits per heavy atom. The maximum absolute atomic E-state index is 12.2. The highest BCUT2D eigenvalue weighted by Crippen LogP contribution is 2.47. The van der Waals surface area contributed by atoms with Crippen molar-refractivity contribution in [3.05, 3.63) is 58.6 Å². The molecule has 20 heavy (non-hydrogen) atoms. The number of anilines is 2. The summed E-state index contributed by atoms with van der Waals surface area (Å²) in [7, 11) is 0. The van der Waals surface area contributed by atoms with Crippen LogP contribution in [0.15, 0.2) is 58.3 Å². The molecule has 0 spiro atoms. The van der Waals surface area contributed by atoms with Gasteiger partial charge in [0.2, 0.25) is 0 Å². The lowest BCUT2D eigenvalue weighted by atomic mass is 10.2. The first-order valence-electron chi connectivity index (χ1n) is 5.97. The standard InChI is InChI=1S/C14H10N2O3S/c17-14(9-15(18)19)16-10-5-1-3-7-12(10)20-13-8-4-2-6-11(13)16/h1-8H,9H2. The number of carbonyl (C=O) groups excluding carboxylic acids is 1. The van der Waals surface area contributed by atoms with E-state index in [2.05, 4.69) is 0 Å². The van der Waals surface area contributed by atoms with Crippen LogP contribution in [-0.4, -0.2) is 17.4 Å². The molecule has 6 heteroatoms. The first-order valence-corrected chi connectivity index (χ1v) is 6.79. The molecule has 0 unspecified atom stereocenters. The van der Waals surface area contributed by atoms with E-state index in [-0.39, 0.29) is 0 Å². The van der Waals surface area contributed by atoms with Gasteiger partial charge in [0.1, 0.15) is 0 Å². The first kappa shape index (κ1) is 12.7. The molecule has 0 bridgehead atoms. The second-order valence-electron chi connectivity index (χ2n) is 4.26. The lowest BCUT2D eigenvalue weighted by Crippen LogP contribution is -2.33. The minimum absolute atomic E-state index is 0.532. The molecule has 5 nitrogen and oxygen atoms in total. The van der Waals surface area contributed by atoms with Crippen molar-refractivity contribution < 1.29 is 9.72 Å². The number of nitrogens with zero attached hydrogens (tertiary/aromatic N) is 2. The number of carbonyl (C=O) groups is 1. The van der Waals surface area contributed by atoms with Crippen LogP contribution in [-0.2, 0) is 4.79 Å². The van der Waals surface area contributed by atoms with Gasteiger partial charge in [-0.2, -0.15) is 0 Å². The Morgan fingerprint density at radius 1 is 1.05 bits per heavy atom. The molecule has 3 rings (SSSR count). The van der Waals surface area contributed by atoms with Crippen LogP contribution in [0.2, 0.25) is 0 Å². The van der Waals surface area contributed by atoms with E-state index >= 15 is 0 Å². The summed E-state index contributed by atoms with van der Waals surface area (Å²) in [5, 5.41) is 10.6. The Bertz CT molecular complexity index is 657. The number of hydrogen-bond acceptors (Lipinski definition) is 4. The van der Waals surface area contributed by atoms with Crippen LogP contribution in [0.25, 0.3) is 0 Å². The average Bonchev–Trinajstić information content (AvgIpc) is 2.43. The molecule has 0 aromatic heterocycles. The van der Waals surface area contributed by atoms with E-state index in [1.807, 2.05) is 36.4 Å². The summed E-state index contributed by atoms with van der Waals surface area (Å²) in [5.74, 6) is -0.532. The average molecular weight is 286 g/mol. The van der Waals surface area contributed by atoms with Crippen LogP contribution in [0.5, 0.6) is 0 Å². The molecular formula is C14H10N2O3S. The second-order valence-corrected chi connectivity index (χ2v) is 5.34. The van der Waals surface area contributed by atoms with Gasteiger partial charge in [0.05, 0.1) is 11.4 Å². The van der Waals surface area contributed by atoms with E-state index in [0.717, 1.165) is 9.79 Å². The predicted molar refractivity (Wildman–Crippen MR) is 76.0 cm³/mol. The molecule has 0 atom stereocenters. The Labute approximate surface area is 119 Å². The summed E-state index contributed by atoms with van der Waals surface area (Å²) >= 11 is 1.56. The van der Waals surface area contributed by atoms with Crippen molar-refractivity contribution in [2.75, 3.05) is 11.4 Å². The summed E-state index contributed by atoms with van der Waals surface area (Å²) in [6, 6.07) is 14.8. The molecule has 0 N–H and O–H groups in total. The normalized spacial score (nSPS) is 12.5. The quantitative estimate of drug-likeness (QED) is 0.628. The highest BCUT2D eigenvalue weighted by molar-refractivity contribution is 7.99. The molecule has 0 aliphatic carbocycles. The Hall–Kier alpha value is -2.34. The van der Waals surface area contributed by atoms with Crippen molar-refractivity contribution in [1.29, 1.82) is 0 Å². The minimum Gasteiger partial charge on any atom is -0.273 e. The van der Waals surface area contributed by atoms with Crippen LogP contribution in [0.3, 0.4) is 0 Å². The van der Waals surface area contributed by atoms with Gasteiger partial charge in [0, 0.05) is 14.7 Å². The van der Waals surface area contributed by atoms with Crippen molar-refractivity contribution >= 4 is 29.0 Å². The Morgan fingerprint density at radius 3 is 2.05 bits per heavy atom. The highest BCUT2D eigenvalue weighted by Gasteiger charge is 2.29. The zero-order valence-electron chi connectivity index (χ0n) is 10.4. The van der Waals surface area contributed by atoms with Gasteiger partial charge in [-0.3, -0.25) is 19.8 Å². The van der Waals surface area contributed by atoms with Crippen LogP contribution < -0.4 is 4.90 Å². The van der Waals surface area contributed by atoms with E-state index in [1.165, 1.54) is 4.90 Å². The fourth-order valence-corrected chi connectivity index (χ4v) is 3.21. The lowest BCUT2D eigenvalue weighted by Gasteiger charge is -2.29. The number of hydrogen-bond donors (Lipinski definition) is 0.